The molecule has 0 atom stereocenters. The molecule has 11 heterocycles. The monoisotopic (exact) mass is 2050 g/mol. The van der Waals surface area contributed by atoms with Gasteiger partial charge in [-0.2, -0.15) is 35.4 Å². The highest BCUT2D eigenvalue weighted by molar-refractivity contribution is 7.11. The first-order valence-corrected chi connectivity index (χ1v) is 54.0. The molecule has 0 aliphatic rings. The number of nitrogens with zero attached hydrogens (tertiary/aromatic N) is 22. The van der Waals surface area contributed by atoms with Crippen molar-refractivity contribution in [3.8, 4) is 0 Å². The van der Waals surface area contributed by atoms with E-state index in [1.807, 2.05) is 87.5 Å². The molecular weight excluding hydrogens is 1830 g/mol. The maximum atomic E-state index is 5.59. The molecule has 24 heteroatoms. The molecule has 0 N–H and O–H groups in total. The van der Waals surface area contributed by atoms with Gasteiger partial charge >= 0.3 is 0 Å². The zero-order chi connectivity index (χ0) is 116. The van der Waals surface area contributed by atoms with Gasteiger partial charge in [0, 0.05) is 143 Å². The summed E-state index contributed by atoms with van der Waals surface area (Å²) < 4.78 is 13.7. The first-order chi connectivity index (χ1) is 64.8. The van der Waals surface area contributed by atoms with Gasteiger partial charge in [-0.05, 0) is 177 Å². The van der Waals surface area contributed by atoms with Crippen molar-refractivity contribution >= 4 is 11.3 Å². The van der Waals surface area contributed by atoms with E-state index in [9.17, 15) is 0 Å². The van der Waals surface area contributed by atoms with Crippen molar-refractivity contribution in [1.29, 1.82) is 0 Å². The first-order valence-electron chi connectivity index (χ1n) is 53.1. The van der Waals surface area contributed by atoms with Crippen LogP contribution in [0.5, 0.6) is 0 Å². The van der Waals surface area contributed by atoms with E-state index in [1.165, 1.54) is 32.1 Å². The van der Waals surface area contributed by atoms with Crippen molar-refractivity contribution in [2.75, 3.05) is 0 Å². The Hall–Kier alpha value is -8.93. The highest BCUT2D eigenvalue weighted by Gasteiger charge is 2.33. The molecule has 11 aromatic heterocycles. The van der Waals surface area contributed by atoms with Gasteiger partial charge in [-0.25, -0.2) is 34.6 Å². The number of pyridine rings is 1. The van der Waals surface area contributed by atoms with Gasteiger partial charge in [-0.15, -0.1) is 26.6 Å². The smallest absolute Gasteiger partial charge is 0.221 e. The molecule has 0 aliphatic carbocycles. The fourth-order valence-corrected chi connectivity index (χ4v) is 12.6. The summed E-state index contributed by atoms with van der Waals surface area (Å²) in [6.07, 6.45) is 25.9. The minimum atomic E-state index is -0.0590. The van der Waals surface area contributed by atoms with Crippen LogP contribution in [0, 0.1) is 0 Å². The number of imidazole rings is 1. The average Bonchev–Trinajstić information content (AvgIpc) is 1.54. The number of aromatic nitrogens is 22. The van der Waals surface area contributed by atoms with Gasteiger partial charge in [0.1, 0.15) is 11.6 Å². The molecule has 0 saturated carbocycles. The standard InChI is InChI=1S/C13H21N.3C12H20N2.3C11H20N2.C11H19NS.2C10H19N3.C10H18N2O/c1-12(2,3)10-7-8-11(14-9-10)13(4,5)6;2*1-11(2,3)9-7-13-10(14-8-9)12(4,5)6;1-11(2,3)9-7-8-10(14-13-9)12(4,5)6;1-10(2,3)9-7-13(8-12-9)11(4,5)6;1-10(2,3)9-7-12-13(8-9)11(4,5)6;1-10(2,3)9-7-8-13(12-9)11(4,5)6;1-10(2,3)8-7-12-9(13-8)11(4,5)6;1-9(2,3)8-7-13(12-11-8)10(4,5)6;1-9(2,3)8-7-11-13(12-8)10(4,5)6;1-9(2,3)7-11-12-8(13-7)10(4,5)6/h7-9H,1-6H3;3*7-8H,1-6H3;3*7-8H,1-6H3;3*7H,1-6H3;1-6H3. The van der Waals surface area contributed by atoms with E-state index < -0.39 is 0 Å². The number of rotatable bonds is 0. The van der Waals surface area contributed by atoms with Crippen LogP contribution < -0.4 is 0 Å². The van der Waals surface area contributed by atoms with Crippen LogP contribution in [0.25, 0.3) is 0 Å². The summed E-state index contributed by atoms with van der Waals surface area (Å²) in [5.74, 6) is 3.23. The van der Waals surface area contributed by atoms with Crippen LogP contribution in [0.4, 0.5) is 0 Å². The van der Waals surface area contributed by atoms with E-state index >= 15 is 0 Å². The van der Waals surface area contributed by atoms with Crippen molar-refractivity contribution in [2.24, 2.45) is 0 Å². The van der Waals surface area contributed by atoms with Gasteiger partial charge in [-0.3, -0.25) is 14.3 Å². The van der Waals surface area contributed by atoms with Crippen molar-refractivity contribution in [2.45, 2.75) is 577 Å². The summed E-state index contributed by atoms with van der Waals surface area (Å²) >= 11 is 1.84. The molecule has 0 spiro atoms. The van der Waals surface area contributed by atoms with Gasteiger partial charge in [0.15, 0.2) is 0 Å². The summed E-state index contributed by atoms with van der Waals surface area (Å²) in [5.41, 5.74) is 14.8. The van der Waals surface area contributed by atoms with Gasteiger partial charge in [0.25, 0.3) is 0 Å². The quantitative estimate of drug-likeness (QED) is 0.137. The molecule has 0 fully saturated rings. The Morgan fingerprint density at radius 3 is 0.782 bits per heavy atom. The molecule has 23 nitrogen and oxygen atoms in total. The zero-order valence-electron chi connectivity index (χ0n) is 107. The minimum absolute atomic E-state index is 0.0243. The van der Waals surface area contributed by atoms with Gasteiger partial charge in [0.2, 0.25) is 11.8 Å². The Morgan fingerprint density at radius 2 is 0.578 bits per heavy atom. The van der Waals surface area contributed by atoms with Crippen LogP contribution in [0.2, 0.25) is 0 Å². The molecule has 0 radical (unpaired) electrons. The van der Waals surface area contributed by atoms with E-state index in [-0.39, 0.29) is 120 Å². The number of hydrogen-bond acceptors (Lipinski definition) is 19. The Balaban J connectivity index is 0.000000809. The second kappa shape index (κ2) is 49.7. The summed E-state index contributed by atoms with van der Waals surface area (Å²) in [6, 6.07) is 10.6. The predicted octanol–water partition coefficient (Wildman–Crippen LogP) is 32.8. The van der Waals surface area contributed by atoms with Crippen molar-refractivity contribution in [3.63, 3.8) is 0 Å². The summed E-state index contributed by atoms with van der Waals surface area (Å²) in [7, 11) is 0. The normalized spacial score (nSPS) is 13.2. The molecule has 830 valence electrons. The van der Waals surface area contributed by atoms with Crippen molar-refractivity contribution < 1.29 is 4.42 Å². The minimum Gasteiger partial charge on any atom is -0.424 e. The topological polar surface area (TPSA) is 257 Å². The lowest BCUT2D eigenvalue weighted by atomic mass is 9.86. The molecule has 11 aromatic rings. The lowest BCUT2D eigenvalue weighted by Crippen LogP contribution is -2.25. The lowest BCUT2D eigenvalue weighted by Gasteiger charge is -2.22. The third kappa shape index (κ3) is 48.9. The van der Waals surface area contributed by atoms with Crippen LogP contribution in [0.15, 0.2) is 115 Å². The Morgan fingerprint density at radius 1 is 0.218 bits per heavy atom. The largest absolute Gasteiger partial charge is 0.424 e. The van der Waals surface area contributed by atoms with E-state index in [4.69, 9.17) is 4.42 Å². The van der Waals surface area contributed by atoms with Crippen molar-refractivity contribution in [1.82, 2.24) is 109 Å². The van der Waals surface area contributed by atoms with Crippen LogP contribution in [0.1, 0.15) is 552 Å². The Kier molecular flexibility index (Phi) is 46.0. The lowest BCUT2D eigenvalue weighted by molar-refractivity contribution is 0.308. The van der Waals surface area contributed by atoms with Gasteiger partial charge in [0.05, 0.1) is 80.0 Å². The average molecular weight is 2050 g/mol. The fourth-order valence-electron chi connectivity index (χ4n) is 11.5. The fraction of sp³-hybridized carbons (Fsp3) is 0.715. The molecule has 0 amide bonds. The summed E-state index contributed by atoms with van der Waals surface area (Å²) in [4.78, 5) is 34.2. The van der Waals surface area contributed by atoms with Crippen molar-refractivity contribution in [3.05, 3.63) is 206 Å². The molecule has 147 heavy (non-hydrogen) atoms. The zero-order valence-corrected chi connectivity index (χ0v) is 107. The first kappa shape index (κ1) is 136. The van der Waals surface area contributed by atoms with Crippen LogP contribution in [0.3, 0.4) is 0 Å². The third-order valence-corrected chi connectivity index (χ3v) is 24.5. The van der Waals surface area contributed by atoms with E-state index in [0.29, 0.717) is 11.8 Å². The molecule has 0 bridgehead atoms. The van der Waals surface area contributed by atoms with Gasteiger partial charge in [-0.1, -0.05) is 364 Å². The van der Waals surface area contributed by atoms with Gasteiger partial charge < -0.3 is 8.98 Å². The highest BCUT2D eigenvalue weighted by Crippen LogP contribution is 2.37. The van der Waals surface area contributed by atoms with E-state index in [0.717, 1.165) is 51.5 Å². The van der Waals surface area contributed by atoms with E-state index in [1.54, 1.807) is 4.80 Å². The summed E-state index contributed by atoms with van der Waals surface area (Å²) in [5, 5.41) is 43.8. The molecule has 0 aliphatic heterocycles. The molecule has 0 aromatic carbocycles. The van der Waals surface area contributed by atoms with E-state index in [2.05, 4.69) is 596 Å². The number of thiazole rings is 1. The second-order valence-electron chi connectivity index (χ2n) is 61.9. The Labute approximate surface area is 902 Å². The summed E-state index contributed by atoms with van der Waals surface area (Å²) in [6.45, 7) is 142. The Bertz CT molecular complexity index is 4430. The highest BCUT2D eigenvalue weighted by atomic mass is 32.1. The second-order valence-corrected chi connectivity index (χ2v) is 63.0. The number of hydrogen-bond donors (Lipinski definition) is 0. The molecule has 11 rings (SSSR count). The predicted molar refractivity (Wildman–Crippen MR) is 626 cm³/mol. The molecular formula is C123H216N22OS. The third-order valence-electron chi connectivity index (χ3n) is 22.7. The maximum Gasteiger partial charge on any atom is 0.221 e. The molecule has 0 unspecified atom stereocenters. The molecule has 0 saturated heterocycles. The van der Waals surface area contributed by atoms with Crippen LogP contribution in [-0.2, 0) is 120 Å². The SMILES string of the molecule is CC(C)(C)c1ccc(C(C)(C)C)nc1.CC(C)(C)c1ccc(C(C)(C)C)nn1.CC(C)(C)c1ccn(C(C)(C)C)n1.CC(C)(C)c1cn(C(C)(C)C)cn1.CC(C)(C)c1cn(C(C)(C)C)nn1.CC(C)(C)c1cnc(C(C)(C)C)nc1.CC(C)(C)c1cnc(C(C)(C)C)nc1.CC(C)(C)c1cnc(C(C)(C)C)s1.CC(C)(C)c1cnn(C(C)(C)C)c1.CC(C)(C)c1cnn(C(C)(C)C)n1.CC(C)(C)c1nnc(C(C)(C)C)o1. The van der Waals surface area contributed by atoms with Crippen LogP contribution in [-0.4, -0.2) is 109 Å². The van der Waals surface area contributed by atoms with Crippen LogP contribution >= 0.6 is 11.3 Å². The maximum absolute atomic E-state index is 5.59.